The van der Waals surface area contributed by atoms with Crippen LogP contribution in [0.4, 0.5) is 0 Å². The SMILES string of the molecule is CC(N)c1ccc(SCCc2cccs2)cc1. The van der Waals surface area contributed by atoms with E-state index in [1.54, 1.807) is 0 Å². The Morgan fingerprint density at radius 1 is 1.24 bits per heavy atom. The van der Waals surface area contributed by atoms with E-state index in [0.29, 0.717) is 0 Å². The van der Waals surface area contributed by atoms with Crippen molar-refractivity contribution in [1.82, 2.24) is 0 Å². The van der Waals surface area contributed by atoms with Crippen molar-refractivity contribution in [3.8, 4) is 0 Å². The quantitative estimate of drug-likeness (QED) is 0.822. The lowest BCUT2D eigenvalue weighted by Gasteiger charge is -2.06. The van der Waals surface area contributed by atoms with Crippen LogP contribution < -0.4 is 5.73 Å². The van der Waals surface area contributed by atoms with E-state index in [4.69, 9.17) is 5.73 Å². The Morgan fingerprint density at radius 3 is 2.59 bits per heavy atom. The van der Waals surface area contributed by atoms with E-state index >= 15 is 0 Å². The highest BCUT2D eigenvalue weighted by Crippen LogP contribution is 2.22. The molecule has 1 aromatic heterocycles. The molecule has 0 amide bonds. The third-order valence-corrected chi connectivity index (χ3v) is 4.55. The summed E-state index contributed by atoms with van der Waals surface area (Å²) in [7, 11) is 0. The van der Waals surface area contributed by atoms with Crippen LogP contribution in [0.2, 0.25) is 0 Å². The molecular weight excluding hydrogens is 246 g/mol. The lowest BCUT2D eigenvalue weighted by atomic mass is 10.1. The van der Waals surface area contributed by atoms with Crippen LogP contribution in [0.25, 0.3) is 0 Å². The van der Waals surface area contributed by atoms with E-state index in [9.17, 15) is 0 Å². The first kappa shape index (κ1) is 12.7. The van der Waals surface area contributed by atoms with E-state index in [2.05, 4.69) is 41.8 Å². The average Bonchev–Trinajstić information content (AvgIpc) is 2.83. The second-order valence-corrected chi connectivity index (χ2v) is 6.24. The van der Waals surface area contributed by atoms with Crippen molar-refractivity contribution in [3.05, 3.63) is 52.2 Å². The second-order valence-electron chi connectivity index (χ2n) is 4.04. The molecule has 0 bridgehead atoms. The first-order valence-electron chi connectivity index (χ1n) is 5.76. The van der Waals surface area contributed by atoms with Crippen molar-refractivity contribution >= 4 is 23.1 Å². The highest BCUT2D eigenvalue weighted by atomic mass is 32.2. The van der Waals surface area contributed by atoms with Crippen molar-refractivity contribution in [2.24, 2.45) is 5.73 Å². The molecule has 1 aromatic carbocycles. The predicted octanol–water partition coefficient (Wildman–Crippen LogP) is 4.10. The molecule has 1 heterocycles. The molecule has 1 nitrogen and oxygen atoms in total. The Labute approximate surface area is 111 Å². The van der Waals surface area contributed by atoms with Gasteiger partial charge in [0, 0.05) is 21.6 Å². The zero-order chi connectivity index (χ0) is 12.1. The Balaban J connectivity index is 1.83. The number of hydrogen-bond donors (Lipinski definition) is 1. The summed E-state index contributed by atoms with van der Waals surface area (Å²) in [5, 5.41) is 2.14. The van der Waals surface area contributed by atoms with Crippen LogP contribution in [0, 0.1) is 0 Å². The molecule has 17 heavy (non-hydrogen) atoms. The summed E-state index contributed by atoms with van der Waals surface area (Å²) in [6, 6.07) is 13.0. The lowest BCUT2D eigenvalue weighted by molar-refractivity contribution is 0.817. The maximum Gasteiger partial charge on any atom is 0.0266 e. The minimum absolute atomic E-state index is 0.125. The number of hydrogen-bond acceptors (Lipinski definition) is 3. The van der Waals surface area contributed by atoms with Gasteiger partial charge in [-0.3, -0.25) is 0 Å². The number of benzene rings is 1. The lowest BCUT2D eigenvalue weighted by Crippen LogP contribution is -2.04. The number of nitrogens with two attached hydrogens (primary N) is 1. The van der Waals surface area contributed by atoms with Crippen LogP contribution in [-0.4, -0.2) is 5.75 Å². The van der Waals surface area contributed by atoms with E-state index in [1.165, 1.54) is 15.3 Å². The number of aryl methyl sites for hydroxylation is 1. The molecule has 2 rings (SSSR count). The summed E-state index contributed by atoms with van der Waals surface area (Å²) in [6.07, 6.45) is 1.15. The zero-order valence-electron chi connectivity index (χ0n) is 9.93. The molecule has 3 heteroatoms. The third kappa shape index (κ3) is 3.87. The normalized spacial score (nSPS) is 12.6. The fourth-order valence-electron chi connectivity index (χ4n) is 1.59. The van der Waals surface area contributed by atoms with Gasteiger partial charge in [-0.2, -0.15) is 0 Å². The molecule has 0 spiro atoms. The molecule has 0 aliphatic rings. The molecule has 0 aliphatic carbocycles. The van der Waals surface area contributed by atoms with E-state index in [0.717, 1.165) is 12.2 Å². The van der Waals surface area contributed by atoms with Gasteiger partial charge in [0.25, 0.3) is 0 Å². The van der Waals surface area contributed by atoms with E-state index in [-0.39, 0.29) is 6.04 Å². The summed E-state index contributed by atoms with van der Waals surface area (Å²) in [4.78, 5) is 2.79. The van der Waals surface area contributed by atoms with Crippen LogP contribution in [0.15, 0.2) is 46.7 Å². The van der Waals surface area contributed by atoms with E-state index in [1.807, 2.05) is 30.0 Å². The smallest absolute Gasteiger partial charge is 0.0266 e. The minimum atomic E-state index is 0.125. The second kappa shape index (κ2) is 6.24. The van der Waals surface area contributed by atoms with Gasteiger partial charge < -0.3 is 5.73 Å². The first-order chi connectivity index (χ1) is 8.25. The number of thioether (sulfide) groups is 1. The minimum Gasteiger partial charge on any atom is -0.324 e. The fraction of sp³-hybridized carbons (Fsp3) is 0.286. The molecule has 1 atom stereocenters. The Morgan fingerprint density at radius 2 is 2.00 bits per heavy atom. The summed E-state index contributed by atoms with van der Waals surface area (Å²) >= 11 is 3.74. The predicted molar refractivity (Wildman–Crippen MR) is 77.8 cm³/mol. The average molecular weight is 263 g/mol. The molecule has 0 saturated heterocycles. The molecule has 0 fully saturated rings. The van der Waals surface area contributed by atoms with Crippen molar-refractivity contribution in [2.75, 3.05) is 5.75 Å². The Kier molecular flexibility index (Phi) is 4.66. The molecule has 2 N–H and O–H groups in total. The van der Waals surface area contributed by atoms with Gasteiger partial charge in [-0.25, -0.2) is 0 Å². The number of rotatable bonds is 5. The van der Waals surface area contributed by atoms with Gasteiger partial charge in [-0.1, -0.05) is 18.2 Å². The van der Waals surface area contributed by atoms with Crippen LogP contribution in [0.1, 0.15) is 23.4 Å². The van der Waals surface area contributed by atoms with Gasteiger partial charge in [0.1, 0.15) is 0 Å². The molecule has 90 valence electrons. The molecule has 0 aliphatic heterocycles. The highest BCUT2D eigenvalue weighted by Gasteiger charge is 2.00. The summed E-state index contributed by atoms with van der Waals surface area (Å²) < 4.78 is 0. The standard InChI is InChI=1S/C14H17NS2/c1-11(15)12-4-6-14(7-5-12)17-10-8-13-3-2-9-16-13/h2-7,9,11H,8,10,15H2,1H3. The van der Waals surface area contributed by atoms with Crippen LogP contribution in [0.3, 0.4) is 0 Å². The fourth-order valence-corrected chi connectivity index (χ4v) is 3.32. The van der Waals surface area contributed by atoms with Crippen molar-refractivity contribution < 1.29 is 0 Å². The molecule has 0 saturated carbocycles. The highest BCUT2D eigenvalue weighted by molar-refractivity contribution is 7.99. The Bertz CT molecular complexity index is 432. The van der Waals surface area contributed by atoms with Crippen molar-refractivity contribution in [2.45, 2.75) is 24.3 Å². The summed E-state index contributed by atoms with van der Waals surface area (Å²) in [5.41, 5.74) is 7.02. The Hall–Kier alpha value is -0.770. The van der Waals surface area contributed by atoms with Gasteiger partial charge in [0.2, 0.25) is 0 Å². The van der Waals surface area contributed by atoms with Crippen LogP contribution >= 0.6 is 23.1 Å². The zero-order valence-corrected chi connectivity index (χ0v) is 11.6. The van der Waals surface area contributed by atoms with Gasteiger partial charge in [-0.05, 0) is 42.5 Å². The largest absolute Gasteiger partial charge is 0.324 e. The van der Waals surface area contributed by atoms with Crippen molar-refractivity contribution in [1.29, 1.82) is 0 Å². The van der Waals surface area contributed by atoms with Crippen LogP contribution in [0.5, 0.6) is 0 Å². The molecule has 1 unspecified atom stereocenters. The maximum absolute atomic E-state index is 5.82. The molecular formula is C14H17NS2. The number of thiophene rings is 1. The van der Waals surface area contributed by atoms with E-state index < -0.39 is 0 Å². The molecule has 2 aromatic rings. The van der Waals surface area contributed by atoms with Crippen LogP contribution in [-0.2, 0) is 6.42 Å². The van der Waals surface area contributed by atoms with Gasteiger partial charge in [0.15, 0.2) is 0 Å². The maximum atomic E-state index is 5.82. The molecule has 0 radical (unpaired) electrons. The first-order valence-corrected chi connectivity index (χ1v) is 7.63. The topological polar surface area (TPSA) is 26.0 Å². The van der Waals surface area contributed by atoms with Gasteiger partial charge in [-0.15, -0.1) is 23.1 Å². The summed E-state index contributed by atoms with van der Waals surface area (Å²) in [5.74, 6) is 1.14. The van der Waals surface area contributed by atoms with Crippen molar-refractivity contribution in [3.63, 3.8) is 0 Å². The van der Waals surface area contributed by atoms with Gasteiger partial charge in [0.05, 0.1) is 0 Å². The third-order valence-electron chi connectivity index (χ3n) is 2.60. The summed E-state index contributed by atoms with van der Waals surface area (Å²) in [6.45, 7) is 2.01. The monoisotopic (exact) mass is 263 g/mol. The van der Waals surface area contributed by atoms with Gasteiger partial charge >= 0.3 is 0 Å².